The van der Waals surface area contributed by atoms with Crippen LogP contribution in [0.3, 0.4) is 0 Å². The number of ether oxygens (including phenoxy) is 1. The van der Waals surface area contributed by atoms with E-state index in [1.54, 1.807) is 27.7 Å². The van der Waals surface area contributed by atoms with Crippen molar-refractivity contribution in [2.45, 2.75) is 33.3 Å². The van der Waals surface area contributed by atoms with Crippen LogP contribution >= 0.6 is 0 Å². The first-order chi connectivity index (χ1) is 6.35. The average molecular weight is 199 g/mol. The number of hydrogen-bond acceptors (Lipinski definition) is 3. The first kappa shape index (κ1) is 12.7. The van der Waals surface area contributed by atoms with Gasteiger partial charge in [0.2, 0.25) is 5.91 Å². The van der Waals surface area contributed by atoms with E-state index in [-0.39, 0.29) is 5.91 Å². The van der Waals surface area contributed by atoms with Crippen LogP contribution < -0.4 is 5.32 Å². The molecule has 0 atom stereocenters. The number of carbonyl (C=O) groups excluding carboxylic acids is 2. The van der Waals surface area contributed by atoms with Gasteiger partial charge in [0.25, 0.3) is 0 Å². The maximum absolute atomic E-state index is 11.1. The number of amides is 1. The summed E-state index contributed by atoms with van der Waals surface area (Å²) in [7, 11) is 0. The molecule has 1 amide bonds. The van der Waals surface area contributed by atoms with Crippen molar-refractivity contribution in [3.8, 4) is 0 Å². The number of likely N-dealkylation sites (N-methyl/N-ethyl adjacent to an activating group) is 1. The maximum atomic E-state index is 11.1. The highest BCUT2D eigenvalue weighted by atomic mass is 16.6. The number of hydrogen-bond donors (Lipinski definition) is 1. The molecule has 80 valence electrons. The summed E-state index contributed by atoms with van der Waals surface area (Å²) < 4.78 is 4.96. The Kier molecular flexibility index (Phi) is 4.91. The van der Waals surface area contributed by atoms with Crippen molar-refractivity contribution in [2.75, 3.05) is 6.54 Å². The molecule has 0 unspecified atom stereocenters. The smallest absolute Gasteiger partial charge is 0.331 e. The lowest BCUT2D eigenvalue weighted by Crippen LogP contribution is -2.24. The maximum Gasteiger partial charge on any atom is 0.331 e. The number of nitrogens with one attached hydrogen (secondary N) is 1. The zero-order valence-corrected chi connectivity index (χ0v) is 9.09. The van der Waals surface area contributed by atoms with Crippen LogP contribution in [0.5, 0.6) is 0 Å². The molecule has 0 aliphatic heterocycles. The topological polar surface area (TPSA) is 55.4 Å². The van der Waals surface area contributed by atoms with Crippen LogP contribution in [0.1, 0.15) is 27.7 Å². The van der Waals surface area contributed by atoms with Gasteiger partial charge in [-0.2, -0.15) is 0 Å². The zero-order valence-electron chi connectivity index (χ0n) is 9.09. The normalized spacial score (nSPS) is 11.4. The summed E-state index contributed by atoms with van der Waals surface area (Å²) in [6.45, 7) is 7.65. The molecule has 0 aliphatic carbocycles. The molecule has 0 radical (unpaired) electrons. The molecular weight excluding hydrogens is 182 g/mol. The molecule has 14 heavy (non-hydrogen) atoms. The second kappa shape index (κ2) is 5.42. The van der Waals surface area contributed by atoms with Gasteiger partial charge in [-0.3, -0.25) is 4.79 Å². The Hall–Kier alpha value is -1.32. The van der Waals surface area contributed by atoms with Crippen molar-refractivity contribution in [2.24, 2.45) is 0 Å². The Morgan fingerprint density at radius 1 is 1.29 bits per heavy atom. The van der Waals surface area contributed by atoms with E-state index in [4.69, 9.17) is 4.74 Å². The summed E-state index contributed by atoms with van der Waals surface area (Å²) in [5.74, 6) is -0.804. The quantitative estimate of drug-likeness (QED) is 0.545. The molecule has 4 nitrogen and oxygen atoms in total. The number of carbonyl (C=O) groups is 2. The van der Waals surface area contributed by atoms with Gasteiger partial charge in [-0.05, 0) is 27.7 Å². The van der Waals surface area contributed by atoms with Gasteiger partial charge in [-0.15, -0.1) is 0 Å². The van der Waals surface area contributed by atoms with Crippen LogP contribution in [0, 0.1) is 0 Å². The van der Waals surface area contributed by atoms with Crippen molar-refractivity contribution in [1.29, 1.82) is 0 Å². The van der Waals surface area contributed by atoms with Crippen molar-refractivity contribution < 1.29 is 14.3 Å². The average Bonchev–Trinajstić information content (AvgIpc) is 1.98. The standard InChI is InChI=1S/C10H17NO3/c1-5-11-8(12)6-7-9(13)14-10(2,3)4/h6-7H,5H2,1-4H3,(H,11,12)/b7-6-. The van der Waals surface area contributed by atoms with E-state index < -0.39 is 11.6 Å². The predicted molar refractivity (Wildman–Crippen MR) is 53.7 cm³/mol. The van der Waals surface area contributed by atoms with Gasteiger partial charge < -0.3 is 10.1 Å². The fourth-order valence-corrected chi connectivity index (χ4v) is 0.713. The van der Waals surface area contributed by atoms with E-state index in [0.29, 0.717) is 6.54 Å². The first-order valence-electron chi connectivity index (χ1n) is 4.54. The molecule has 1 N–H and O–H groups in total. The molecule has 0 spiro atoms. The van der Waals surface area contributed by atoms with E-state index in [1.165, 1.54) is 0 Å². The van der Waals surface area contributed by atoms with Crippen molar-refractivity contribution in [3.63, 3.8) is 0 Å². The lowest BCUT2D eigenvalue weighted by Gasteiger charge is -2.17. The summed E-state index contributed by atoms with van der Waals surface area (Å²) in [4.78, 5) is 22.0. The molecule has 0 rings (SSSR count). The van der Waals surface area contributed by atoms with E-state index in [9.17, 15) is 9.59 Å². The van der Waals surface area contributed by atoms with Crippen LogP contribution in [0.2, 0.25) is 0 Å². The van der Waals surface area contributed by atoms with Gasteiger partial charge in [0.15, 0.2) is 0 Å². The monoisotopic (exact) mass is 199 g/mol. The van der Waals surface area contributed by atoms with E-state index in [1.807, 2.05) is 0 Å². The highest BCUT2D eigenvalue weighted by molar-refractivity contribution is 5.94. The molecule has 0 saturated carbocycles. The largest absolute Gasteiger partial charge is 0.457 e. The third-order valence-electron chi connectivity index (χ3n) is 1.13. The van der Waals surface area contributed by atoms with Gasteiger partial charge in [-0.25, -0.2) is 4.79 Å². The van der Waals surface area contributed by atoms with Gasteiger partial charge in [0, 0.05) is 18.7 Å². The molecule has 0 saturated heterocycles. The van der Waals surface area contributed by atoms with Crippen molar-refractivity contribution >= 4 is 11.9 Å². The van der Waals surface area contributed by atoms with E-state index in [0.717, 1.165) is 12.2 Å². The molecule has 4 heteroatoms. The second-order valence-corrected chi connectivity index (χ2v) is 3.76. The summed E-state index contributed by atoms with van der Waals surface area (Å²) in [6, 6.07) is 0. The van der Waals surface area contributed by atoms with Crippen LogP contribution in [-0.2, 0) is 14.3 Å². The molecule has 0 bridgehead atoms. The molecule has 0 aromatic heterocycles. The Balaban J connectivity index is 4.00. The zero-order chi connectivity index (χ0) is 11.2. The molecule has 0 aromatic rings. The second-order valence-electron chi connectivity index (χ2n) is 3.76. The Morgan fingerprint density at radius 3 is 2.29 bits per heavy atom. The lowest BCUT2D eigenvalue weighted by atomic mass is 10.2. The minimum absolute atomic E-state index is 0.293. The SMILES string of the molecule is CCNC(=O)/C=C\C(=O)OC(C)(C)C. The summed E-state index contributed by atoms with van der Waals surface area (Å²) in [6.07, 6.45) is 2.29. The minimum Gasteiger partial charge on any atom is -0.457 e. The lowest BCUT2D eigenvalue weighted by molar-refractivity contribution is -0.148. The predicted octanol–water partition coefficient (Wildman–Crippen LogP) is 1.02. The third kappa shape index (κ3) is 7.34. The van der Waals surface area contributed by atoms with Crippen LogP contribution in [0.25, 0.3) is 0 Å². The highest BCUT2D eigenvalue weighted by Crippen LogP contribution is 2.06. The minimum atomic E-state index is -0.525. The number of esters is 1. The van der Waals surface area contributed by atoms with Gasteiger partial charge in [0.1, 0.15) is 5.60 Å². The Morgan fingerprint density at radius 2 is 1.86 bits per heavy atom. The summed E-state index contributed by atoms with van der Waals surface area (Å²) >= 11 is 0. The molecule has 0 aromatic carbocycles. The molecular formula is C10H17NO3. The van der Waals surface area contributed by atoms with Gasteiger partial charge >= 0.3 is 5.97 Å². The van der Waals surface area contributed by atoms with Gasteiger partial charge in [0.05, 0.1) is 0 Å². The third-order valence-corrected chi connectivity index (χ3v) is 1.13. The number of rotatable bonds is 3. The van der Waals surface area contributed by atoms with Gasteiger partial charge in [-0.1, -0.05) is 0 Å². The van der Waals surface area contributed by atoms with E-state index >= 15 is 0 Å². The van der Waals surface area contributed by atoms with Crippen LogP contribution in [0.4, 0.5) is 0 Å². The molecule has 0 aliphatic rings. The molecule has 0 heterocycles. The Labute approximate surface area is 84.3 Å². The van der Waals surface area contributed by atoms with Crippen molar-refractivity contribution in [1.82, 2.24) is 5.32 Å². The molecule has 0 fully saturated rings. The van der Waals surface area contributed by atoms with Crippen molar-refractivity contribution in [3.05, 3.63) is 12.2 Å². The van der Waals surface area contributed by atoms with E-state index in [2.05, 4.69) is 5.32 Å². The fourth-order valence-electron chi connectivity index (χ4n) is 0.713. The Bertz CT molecular complexity index is 238. The summed E-state index contributed by atoms with van der Waals surface area (Å²) in [5, 5.41) is 2.53. The highest BCUT2D eigenvalue weighted by Gasteiger charge is 2.13. The van der Waals surface area contributed by atoms with Crippen LogP contribution in [-0.4, -0.2) is 24.0 Å². The van der Waals surface area contributed by atoms with Crippen LogP contribution in [0.15, 0.2) is 12.2 Å². The first-order valence-corrected chi connectivity index (χ1v) is 4.54. The fraction of sp³-hybridized carbons (Fsp3) is 0.600. The summed E-state index contributed by atoms with van der Waals surface area (Å²) in [5.41, 5.74) is -0.525.